The van der Waals surface area contributed by atoms with E-state index in [0.717, 1.165) is 12.6 Å². The van der Waals surface area contributed by atoms with E-state index in [4.69, 9.17) is 0 Å². The average molecular weight is 226 g/mol. The van der Waals surface area contributed by atoms with E-state index < -0.39 is 0 Å². The van der Waals surface area contributed by atoms with Gasteiger partial charge in [0.15, 0.2) is 0 Å². The second kappa shape index (κ2) is 6.02. The zero-order valence-electron chi connectivity index (χ0n) is 11.8. The summed E-state index contributed by atoms with van der Waals surface area (Å²) in [4.78, 5) is 2.66. The number of nitrogens with zero attached hydrogens (tertiary/aromatic N) is 1. The Morgan fingerprint density at radius 1 is 1.31 bits per heavy atom. The topological polar surface area (TPSA) is 15.3 Å². The van der Waals surface area contributed by atoms with Crippen molar-refractivity contribution < 1.29 is 0 Å². The van der Waals surface area contributed by atoms with Crippen molar-refractivity contribution in [3.8, 4) is 0 Å². The lowest BCUT2D eigenvalue weighted by Gasteiger charge is -2.37. The van der Waals surface area contributed by atoms with Crippen LogP contribution in [0.4, 0.5) is 0 Å². The smallest absolute Gasteiger partial charge is 0.0102 e. The van der Waals surface area contributed by atoms with Gasteiger partial charge in [0, 0.05) is 18.6 Å². The monoisotopic (exact) mass is 226 g/mol. The molecular weight excluding hydrogens is 196 g/mol. The van der Waals surface area contributed by atoms with Gasteiger partial charge in [0.1, 0.15) is 0 Å². The molecule has 1 rings (SSSR count). The Hall–Kier alpha value is -0.0800. The Morgan fingerprint density at radius 2 is 1.94 bits per heavy atom. The Kier molecular flexibility index (Phi) is 5.26. The summed E-state index contributed by atoms with van der Waals surface area (Å²) in [6, 6.07) is 1.49. The molecule has 0 aromatic carbocycles. The van der Waals surface area contributed by atoms with E-state index in [2.05, 4.69) is 44.8 Å². The number of nitrogens with one attached hydrogen (secondary N) is 1. The zero-order chi connectivity index (χ0) is 12.2. The predicted octanol–water partition coefficient (Wildman–Crippen LogP) is 2.89. The van der Waals surface area contributed by atoms with Crippen LogP contribution in [0.15, 0.2) is 0 Å². The molecule has 0 heterocycles. The maximum absolute atomic E-state index is 3.63. The lowest BCUT2D eigenvalue weighted by Crippen LogP contribution is -2.47. The van der Waals surface area contributed by atoms with Crippen LogP contribution in [0.3, 0.4) is 0 Å². The minimum absolute atomic E-state index is 0.369. The first-order valence-electron chi connectivity index (χ1n) is 6.98. The first-order valence-corrected chi connectivity index (χ1v) is 6.98. The maximum atomic E-state index is 3.63. The summed E-state index contributed by atoms with van der Waals surface area (Å²) in [6.45, 7) is 15.2. The molecule has 1 fully saturated rings. The summed E-state index contributed by atoms with van der Waals surface area (Å²) < 4.78 is 0. The quantitative estimate of drug-likeness (QED) is 0.684. The molecule has 0 aromatic rings. The molecule has 0 amide bonds. The van der Waals surface area contributed by atoms with E-state index in [1.165, 1.54) is 32.4 Å². The zero-order valence-corrected chi connectivity index (χ0v) is 11.8. The van der Waals surface area contributed by atoms with E-state index in [-0.39, 0.29) is 0 Å². The van der Waals surface area contributed by atoms with Crippen LogP contribution in [0.25, 0.3) is 0 Å². The molecule has 0 bridgehead atoms. The van der Waals surface area contributed by atoms with E-state index >= 15 is 0 Å². The number of hydrogen-bond donors (Lipinski definition) is 1. The molecule has 2 nitrogen and oxygen atoms in total. The highest BCUT2D eigenvalue weighted by molar-refractivity contribution is 4.90. The molecule has 96 valence electrons. The van der Waals surface area contributed by atoms with Gasteiger partial charge < -0.3 is 10.2 Å². The van der Waals surface area contributed by atoms with Gasteiger partial charge in [-0.05, 0) is 44.7 Å². The Bertz CT molecular complexity index is 197. The van der Waals surface area contributed by atoms with Crippen LogP contribution in [-0.2, 0) is 0 Å². The van der Waals surface area contributed by atoms with Crippen LogP contribution in [0, 0.1) is 5.41 Å². The highest BCUT2D eigenvalue weighted by Gasteiger charge is 2.34. The van der Waals surface area contributed by atoms with Gasteiger partial charge in [-0.1, -0.05) is 27.7 Å². The second-order valence-corrected chi connectivity index (χ2v) is 5.96. The van der Waals surface area contributed by atoms with Gasteiger partial charge in [0.2, 0.25) is 0 Å². The van der Waals surface area contributed by atoms with E-state index in [9.17, 15) is 0 Å². The van der Waals surface area contributed by atoms with Crippen molar-refractivity contribution >= 4 is 0 Å². The van der Waals surface area contributed by atoms with Gasteiger partial charge in [0.05, 0.1) is 0 Å². The SMILES string of the molecule is CCCNC(C)C(C)(C)CN(CC)C1CC1. The maximum Gasteiger partial charge on any atom is 0.0102 e. The Labute approximate surface area is 102 Å². The van der Waals surface area contributed by atoms with Crippen LogP contribution in [0.2, 0.25) is 0 Å². The molecule has 1 unspecified atom stereocenters. The number of hydrogen-bond acceptors (Lipinski definition) is 2. The van der Waals surface area contributed by atoms with Crippen molar-refractivity contribution in [2.24, 2.45) is 5.41 Å². The summed E-state index contributed by atoms with van der Waals surface area (Å²) in [5, 5.41) is 3.63. The molecule has 0 aliphatic heterocycles. The van der Waals surface area contributed by atoms with Gasteiger partial charge >= 0.3 is 0 Å². The van der Waals surface area contributed by atoms with Gasteiger partial charge in [-0.15, -0.1) is 0 Å². The van der Waals surface area contributed by atoms with Crippen molar-refractivity contribution in [3.63, 3.8) is 0 Å². The third kappa shape index (κ3) is 4.06. The van der Waals surface area contributed by atoms with Gasteiger partial charge in [-0.25, -0.2) is 0 Å². The minimum atomic E-state index is 0.369. The predicted molar refractivity (Wildman–Crippen MR) is 71.8 cm³/mol. The molecule has 0 aromatic heterocycles. The standard InChI is InChI=1S/C14H30N2/c1-6-10-15-12(3)14(4,5)11-16(7-2)13-8-9-13/h12-13,15H,6-11H2,1-5H3. The number of rotatable bonds is 8. The molecule has 16 heavy (non-hydrogen) atoms. The van der Waals surface area contributed by atoms with Crippen molar-refractivity contribution in [2.45, 2.75) is 66.0 Å². The second-order valence-electron chi connectivity index (χ2n) is 5.96. The first-order chi connectivity index (χ1) is 7.51. The third-order valence-corrected chi connectivity index (χ3v) is 3.95. The van der Waals surface area contributed by atoms with Gasteiger partial charge in [-0.2, -0.15) is 0 Å². The lowest BCUT2D eigenvalue weighted by atomic mass is 9.84. The van der Waals surface area contributed by atoms with Crippen LogP contribution in [-0.4, -0.2) is 36.6 Å². The molecule has 1 aliphatic carbocycles. The van der Waals surface area contributed by atoms with Crippen molar-refractivity contribution in [1.29, 1.82) is 0 Å². The van der Waals surface area contributed by atoms with Crippen LogP contribution >= 0.6 is 0 Å². The molecule has 1 aliphatic rings. The Balaban J connectivity index is 2.41. The molecule has 1 atom stereocenters. The first kappa shape index (κ1) is 14.0. The molecule has 2 heteroatoms. The molecular formula is C14H30N2. The molecule has 1 saturated carbocycles. The van der Waals surface area contributed by atoms with Crippen LogP contribution in [0.5, 0.6) is 0 Å². The van der Waals surface area contributed by atoms with Gasteiger partial charge in [-0.3, -0.25) is 0 Å². The molecule has 0 radical (unpaired) electrons. The van der Waals surface area contributed by atoms with Crippen molar-refractivity contribution in [2.75, 3.05) is 19.6 Å². The lowest BCUT2D eigenvalue weighted by molar-refractivity contribution is 0.141. The van der Waals surface area contributed by atoms with E-state index in [0.29, 0.717) is 11.5 Å². The van der Waals surface area contributed by atoms with E-state index in [1.807, 2.05) is 0 Å². The minimum Gasteiger partial charge on any atom is -0.314 e. The molecule has 0 saturated heterocycles. The highest BCUT2D eigenvalue weighted by atomic mass is 15.2. The normalized spacial score (nSPS) is 19.1. The van der Waals surface area contributed by atoms with E-state index in [1.54, 1.807) is 0 Å². The fraction of sp³-hybridized carbons (Fsp3) is 1.00. The summed E-state index contributed by atoms with van der Waals surface area (Å²) in [7, 11) is 0. The fourth-order valence-electron chi connectivity index (χ4n) is 2.24. The van der Waals surface area contributed by atoms with Gasteiger partial charge in [0.25, 0.3) is 0 Å². The highest BCUT2D eigenvalue weighted by Crippen LogP contribution is 2.31. The summed E-state index contributed by atoms with van der Waals surface area (Å²) in [5.74, 6) is 0. The molecule has 1 N–H and O–H groups in total. The Morgan fingerprint density at radius 3 is 2.38 bits per heavy atom. The largest absolute Gasteiger partial charge is 0.314 e. The summed E-state index contributed by atoms with van der Waals surface area (Å²) >= 11 is 0. The van der Waals surface area contributed by atoms with Crippen molar-refractivity contribution in [1.82, 2.24) is 10.2 Å². The third-order valence-electron chi connectivity index (χ3n) is 3.95. The fourth-order valence-corrected chi connectivity index (χ4v) is 2.24. The summed E-state index contributed by atoms with van der Waals surface area (Å²) in [6.07, 6.45) is 4.06. The van der Waals surface area contributed by atoms with Crippen LogP contribution in [0.1, 0.15) is 53.9 Å². The van der Waals surface area contributed by atoms with Crippen molar-refractivity contribution in [3.05, 3.63) is 0 Å². The molecule has 0 spiro atoms. The van der Waals surface area contributed by atoms with Crippen LogP contribution < -0.4 is 5.32 Å². The average Bonchev–Trinajstić information content (AvgIpc) is 3.06. The summed E-state index contributed by atoms with van der Waals surface area (Å²) in [5.41, 5.74) is 0.369.